The minimum absolute atomic E-state index is 0.274. The van der Waals surface area contributed by atoms with Gasteiger partial charge in [0, 0.05) is 31.0 Å². The highest BCUT2D eigenvalue weighted by atomic mass is 16.5. The molecule has 0 aromatic carbocycles. The number of hydrogen-bond acceptors (Lipinski definition) is 7. The van der Waals surface area contributed by atoms with Gasteiger partial charge in [0.1, 0.15) is 6.61 Å². The van der Waals surface area contributed by atoms with Crippen LogP contribution in [0.3, 0.4) is 0 Å². The first-order chi connectivity index (χ1) is 12.3. The highest BCUT2D eigenvalue weighted by molar-refractivity contribution is 5.53. The van der Waals surface area contributed by atoms with E-state index in [-0.39, 0.29) is 6.04 Å². The molecule has 1 aliphatic carbocycles. The highest BCUT2D eigenvalue weighted by Gasteiger charge is 2.37. The second kappa shape index (κ2) is 7.49. The van der Waals surface area contributed by atoms with Crippen molar-refractivity contribution in [1.82, 2.24) is 20.0 Å². The lowest BCUT2D eigenvalue weighted by Crippen LogP contribution is -2.39. The summed E-state index contributed by atoms with van der Waals surface area (Å²) in [6.07, 6.45) is 7.96. The molecule has 0 spiro atoms. The Morgan fingerprint density at radius 1 is 1.20 bits per heavy atom. The van der Waals surface area contributed by atoms with Crippen molar-refractivity contribution in [2.75, 3.05) is 26.9 Å². The zero-order chi connectivity index (χ0) is 17.1. The fourth-order valence-electron chi connectivity index (χ4n) is 3.52. The fraction of sp³-hybridized carbons (Fsp3) is 0.611. The zero-order valence-electron chi connectivity index (χ0n) is 14.6. The number of aromatic nitrogens is 3. The SMILES string of the molecule is COCCOc1ccc(-c2noc([C@H]3CCCN3C3CCC3)n2)cn1. The number of hydrogen-bond donors (Lipinski definition) is 0. The summed E-state index contributed by atoms with van der Waals surface area (Å²) < 4.78 is 16.0. The summed E-state index contributed by atoms with van der Waals surface area (Å²) >= 11 is 0. The predicted octanol–water partition coefficient (Wildman–Crippen LogP) is 2.85. The van der Waals surface area contributed by atoms with Crippen LogP contribution in [0.1, 0.15) is 44.0 Å². The Labute approximate surface area is 147 Å². The molecule has 1 atom stereocenters. The van der Waals surface area contributed by atoms with Gasteiger partial charge in [0.2, 0.25) is 17.6 Å². The van der Waals surface area contributed by atoms with Crippen LogP contribution in [0.25, 0.3) is 11.4 Å². The summed E-state index contributed by atoms with van der Waals surface area (Å²) in [5.74, 6) is 1.89. The van der Waals surface area contributed by atoms with Gasteiger partial charge in [-0.3, -0.25) is 4.90 Å². The van der Waals surface area contributed by atoms with Gasteiger partial charge in [0.05, 0.1) is 12.6 Å². The van der Waals surface area contributed by atoms with Crippen molar-refractivity contribution in [2.45, 2.75) is 44.2 Å². The highest BCUT2D eigenvalue weighted by Crippen LogP contribution is 2.38. The second-order valence-corrected chi connectivity index (χ2v) is 6.66. The summed E-state index contributed by atoms with van der Waals surface area (Å²) in [5.41, 5.74) is 0.835. The Morgan fingerprint density at radius 2 is 2.12 bits per heavy atom. The van der Waals surface area contributed by atoms with Crippen LogP contribution in [0, 0.1) is 0 Å². The summed E-state index contributed by atoms with van der Waals surface area (Å²) in [6, 6.07) is 4.70. The molecule has 2 aromatic heterocycles. The maximum atomic E-state index is 5.58. The molecule has 0 unspecified atom stereocenters. The number of rotatable bonds is 7. The Kier molecular flexibility index (Phi) is 4.94. The first kappa shape index (κ1) is 16.5. The van der Waals surface area contributed by atoms with Crippen molar-refractivity contribution in [1.29, 1.82) is 0 Å². The maximum absolute atomic E-state index is 5.58. The van der Waals surface area contributed by atoms with E-state index in [4.69, 9.17) is 14.0 Å². The summed E-state index contributed by atoms with van der Waals surface area (Å²) in [6.45, 7) is 2.16. The molecule has 2 aliphatic rings. The van der Waals surface area contributed by atoms with Gasteiger partial charge in [0.25, 0.3) is 0 Å². The molecule has 0 bridgehead atoms. The number of pyridine rings is 1. The van der Waals surface area contributed by atoms with Crippen molar-refractivity contribution in [3.05, 3.63) is 24.2 Å². The normalized spacial score (nSPS) is 21.4. The van der Waals surface area contributed by atoms with Crippen LogP contribution in [0.4, 0.5) is 0 Å². The molecule has 1 saturated carbocycles. The monoisotopic (exact) mass is 344 g/mol. The van der Waals surface area contributed by atoms with Crippen LogP contribution in [0.5, 0.6) is 5.88 Å². The van der Waals surface area contributed by atoms with E-state index in [1.165, 1.54) is 25.7 Å². The minimum atomic E-state index is 0.274. The molecule has 2 aromatic rings. The van der Waals surface area contributed by atoms with E-state index in [2.05, 4.69) is 20.0 Å². The molecule has 134 valence electrons. The molecule has 25 heavy (non-hydrogen) atoms. The Morgan fingerprint density at radius 3 is 2.84 bits per heavy atom. The lowest BCUT2D eigenvalue weighted by atomic mass is 9.91. The van der Waals surface area contributed by atoms with E-state index >= 15 is 0 Å². The molecule has 7 nitrogen and oxygen atoms in total. The Balaban J connectivity index is 1.43. The van der Waals surface area contributed by atoms with Crippen LogP contribution in [-0.4, -0.2) is 52.9 Å². The fourth-order valence-corrected chi connectivity index (χ4v) is 3.52. The van der Waals surface area contributed by atoms with Crippen LogP contribution in [0.2, 0.25) is 0 Å². The molecule has 0 radical (unpaired) electrons. The van der Waals surface area contributed by atoms with Gasteiger partial charge in [-0.2, -0.15) is 4.98 Å². The Hall–Kier alpha value is -1.99. The molecule has 1 saturated heterocycles. The van der Waals surface area contributed by atoms with Crippen molar-refractivity contribution in [3.8, 4) is 17.3 Å². The molecule has 0 N–H and O–H groups in total. The summed E-state index contributed by atoms with van der Waals surface area (Å²) in [4.78, 5) is 11.5. The molecule has 0 amide bonds. The quantitative estimate of drug-likeness (QED) is 0.715. The summed E-state index contributed by atoms with van der Waals surface area (Å²) in [5, 5.41) is 4.16. The van der Waals surface area contributed by atoms with Crippen LogP contribution in [-0.2, 0) is 4.74 Å². The zero-order valence-corrected chi connectivity index (χ0v) is 14.6. The van der Waals surface area contributed by atoms with Crippen molar-refractivity contribution in [2.24, 2.45) is 0 Å². The lowest BCUT2D eigenvalue weighted by molar-refractivity contribution is 0.0966. The van der Waals surface area contributed by atoms with Crippen LogP contribution in [0.15, 0.2) is 22.9 Å². The number of ether oxygens (including phenoxy) is 2. The van der Waals surface area contributed by atoms with Crippen LogP contribution < -0.4 is 4.74 Å². The topological polar surface area (TPSA) is 73.5 Å². The van der Waals surface area contributed by atoms with E-state index in [1.807, 2.05) is 12.1 Å². The van der Waals surface area contributed by atoms with E-state index < -0.39 is 0 Å². The van der Waals surface area contributed by atoms with Gasteiger partial charge in [-0.1, -0.05) is 11.6 Å². The van der Waals surface area contributed by atoms with Gasteiger partial charge >= 0.3 is 0 Å². The third kappa shape index (κ3) is 3.52. The average molecular weight is 344 g/mol. The number of nitrogens with zero attached hydrogens (tertiary/aromatic N) is 4. The molecule has 4 rings (SSSR count). The van der Waals surface area contributed by atoms with Crippen molar-refractivity contribution >= 4 is 0 Å². The van der Waals surface area contributed by atoms with E-state index in [9.17, 15) is 0 Å². The van der Waals surface area contributed by atoms with Crippen molar-refractivity contribution in [3.63, 3.8) is 0 Å². The maximum Gasteiger partial charge on any atom is 0.244 e. The molecular formula is C18H24N4O3. The predicted molar refractivity (Wildman–Crippen MR) is 91.2 cm³/mol. The molecule has 2 fully saturated rings. The van der Waals surface area contributed by atoms with Gasteiger partial charge in [-0.25, -0.2) is 4.98 Å². The third-order valence-electron chi connectivity index (χ3n) is 5.10. The second-order valence-electron chi connectivity index (χ2n) is 6.66. The molecule has 7 heteroatoms. The van der Waals surface area contributed by atoms with Gasteiger partial charge in [-0.05, 0) is 38.3 Å². The van der Waals surface area contributed by atoms with Gasteiger partial charge < -0.3 is 14.0 Å². The van der Waals surface area contributed by atoms with Gasteiger partial charge in [-0.15, -0.1) is 0 Å². The smallest absolute Gasteiger partial charge is 0.244 e. The molecule has 1 aliphatic heterocycles. The first-order valence-electron chi connectivity index (χ1n) is 9.02. The third-order valence-corrected chi connectivity index (χ3v) is 5.10. The van der Waals surface area contributed by atoms with E-state index in [0.717, 1.165) is 24.4 Å². The average Bonchev–Trinajstić information content (AvgIpc) is 3.23. The largest absolute Gasteiger partial charge is 0.475 e. The summed E-state index contributed by atoms with van der Waals surface area (Å²) in [7, 11) is 1.64. The number of likely N-dealkylation sites (tertiary alicyclic amines) is 1. The van der Waals surface area contributed by atoms with Gasteiger partial charge in [0.15, 0.2) is 0 Å². The van der Waals surface area contributed by atoms with Crippen molar-refractivity contribution < 1.29 is 14.0 Å². The first-order valence-corrected chi connectivity index (χ1v) is 9.02. The van der Waals surface area contributed by atoms with Crippen LogP contribution >= 0.6 is 0 Å². The van der Waals surface area contributed by atoms with E-state index in [1.54, 1.807) is 13.3 Å². The molecular weight excluding hydrogens is 320 g/mol. The number of methoxy groups -OCH3 is 1. The Bertz CT molecular complexity index is 684. The molecule has 3 heterocycles. The standard InChI is InChI=1S/C18H24N4O3/c1-23-10-11-24-16-8-7-13(12-19-16)17-20-18(25-21-17)15-6-3-9-22(15)14-4-2-5-14/h7-8,12,14-15H,2-6,9-11H2,1H3/t15-/m1/s1. The van der Waals surface area contributed by atoms with E-state index in [0.29, 0.717) is 31.0 Å². The minimum Gasteiger partial charge on any atom is -0.475 e. The lowest BCUT2D eigenvalue weighted by Gasteiger charge is -2.37.